The molecule has 23 heavy (non-hydrogen) atoms. The first-order valence-corrected chi connectivity index (χ1v) is 6.88. The molecular weight excluding hydrogens is 296 g/mol. The molecule has 0 fully saturated rings. The van der Waals surface area contributed by atoms with Crippen molar-refractivity contribution in [2.75, 3.05) is 14.2 Å². The zero-order chi connectivity index (χ0) is 16.2. The van der Waals surface area contributed by atoms with Crippen molar-refractivity contribution in [1.82, 2.24) is 9.97 Å². The Kier molecular flexibility index (Phi) is 4.05. The fourth-order valence-corrected chi connectivity index (χ4v) is 2.12. The van der Waals surface area contributed by atoms with Gasteiger partial charge in [-0.05, 0) is 24.3 Å². The zero-order valence-corrected chi connectivity index (χ0v) is 12.6. The Morgan fingerprint density at radius 3 is 2.22 bits per heavy atom. The Hall–Kier alpha value is -3.15. The van der Waals surface area contributed by atoms with Crippen molar-refractivity contribution < 1.29 is 19.0 Å². The minimum absolute atomic E-state index is 0.108. The molecule has 116 valence electrons. The van der Waals surface area contributed by atoms with Gasteiger partial charge in [0.05, 0.1) is 31.4 Å². The lowest BCUT2D eigenvalue weighted by atomic mass is 10.3. The summed E-state index contributed by atoms with van der Waals surface area (Å²) >= 11 is 0. The quantitative estimate of drug-likeness (QED) is 0.545. The van der Waals surface area contributed by atoms with Crippen molar-refractivity contribution in [1.29, 1.82) is 0 Å². The minimum atomic E-state index is -0.633. The van der Waals surface area contributed by atoms with E-state index in [9.17, 15) is 4.79 Å². The highest BCUT2D eigenvalue weighted by Gasteiger charge is 2.18. The number of nitrogens with zero attached hydrogens (tertiary/aromatic N) is 2. The average molecular weight is 310 g/mol. The Balaban J connectivity index is 1.94. The van der Waals surface area contributed by atoms with Gasteiger partial charge in [-0.15, -0.1) is 0 Å². The van der Waals surface area contributed by atoms with Crippen LogP contribution in [-0.4, -0.2) is 30.2 Å². The number of hydrogen-bond acceptors (Lipinski definition) is 6. The van der Waals surface area contributed by atoms with Gasteiger partial charge in [0.1, 0.15) is 0 Å². The summed E-state index contributed by atoms with van der Waals surface area (Å²) in [7, 11) is 2.98. The van der Waals surface area contributed by atoms with Crippen molar-refractivity contribution in [3.8, 4) is 17.2 Å². The molecule has 0 saturated heterocycles. The van der Waals surface area contributed by atoms with Crippen LogP contribution in [0.25, 0.3) is 11.0 Å². The van der Waals surface area contributed by atoms with Crippen LogP contribution in [0.15, 0.2) is 48.7 Å². The number of methoxy groups -OCH3 is 2. The van der Waals surface area contributed by atoms with Crippen molar-refractivity contribution >= 4 is 17.0 Å². The molecule has 0 aliphatic rings. The van der Waals surface area contributed by atoms with E-state index in [1.54, 1.807) is 24.3 Å². The summed E-state index contributed by atoms with van der Waals surface area (Å²) in [4.78, 5) is 20.8. The van der Waals surface area contributed by atoms with Crippen LogP contribution in [0.1, 0.15) is 10.5 Å². The molecule has 6 heteroatoms. The first-order valence-electron chi connectivity index (χ1n) is 6.88. The van der Waals surface area contributed by atoms with Gasteiger partial charge in [0.15, 0.2) is 17.2 Å². The molecule has 0 amide bonds. The van der Waals surface area contributed by atoms with E-state index in [-0.39, 0.29) is 11.4 Å². The fourth-order valence-electron chi connectivity index (χ4n) is 2.12. The van der Waals surface area contributed by atoms with Crippen LogP contribution >= 0.6 is 0 Å². The maximum absolute atomic E-state index is 12.4. The molecule has 3 rings (SSSR count). The van der Waals surface area contributed by atoms with E-state index in [1.807, 2.05) is 18.2 Å². The lowest BCUT2D eigenvalue weighted by Crippen LogP contribution is -2.12. The lowest BCUT2D eigenvalue weighted by Gasteiger charge is -2.12. The molecule has 1 aromatic heterocycles. The van der Waals surface area contributed by atoms with Crippen LogP contribution in [0.3, 0.4) is 0 Å². The maximum Gasteiger partial charge on any atom is 0.364 e. The molecular formula is C17H14N2O4. The van der Waals surface area contributed by atoms with Crippen LogP contribution in [0.4, 0.5) is 0 Å². The van der Waals surface area contributed by atoms with E-state index >= 15 is 0 Å². The Labute approximate surface area is 132 Å². The molecule has 3 aromatic rings. The molecule has 0 atom stereocenters. The highest BCUT2D eigenvalue weighted by atomic mass is 16.6. The van der Waals surface area contributed by atoms with E-state index in [2.05, 4.69) is 9.97 Å². The van der Waals surface area contributed by atoms with Crippen LogP contribution in [0, 0.1) is 0 Å². The lowest BCUT2D eigenvalue weighted by molar-refractivity contribution is 0.0718. The highest BCUT2D eigenvalue weighted by Crippen LogP contribution is 2.37. The molecule has 0 radical (unpaired) electrons. The number of hydrogen-bond donors (Lipinski definition) is 0. The second-order valence-electron chi connectivity index (χ2n) is 4.63. The third-order valence-corrected chi connectivity index (χ3v) is 3.24. The summed E-state index contributed by atoms with van der Waals surface area (Å²) in [5.74, 6) is 0.362. The number of benzene rings is 2. The second-order valence-corrected chi connectivity index (χ2v) is 4.63. The van der Waals surface area contributed by atoms with Crippen LogP contribution in [-0.2, 0) is 0 Å². The van der Waals surface area contributed by atoms with Crippen molar-refractivity contribution in [3.63, 3.8) is 0 Å². The molecule has 0 spiro atoms. The molecule has 0 bridgehead atoms. The number of ether oxygens (including phenoxy) is 3. The first-order chi connectivity index (χ1) is 11.2. The summed E-state index contributed by atoms with van der Waals surface area (Å²) < 4.78 is 15.8. The third-order valence-electron chi connectivity index (χ3n) is 3.24. The van der Waals surface area contributed by atoms with Gasteiger partial charge in [-0.25, -0.2) is 9.78 Å². The van der Waals surface area contributed by atoms with Crippen molar-refractivity contribution in [2.45, 2.75) is 0 Å². The predicted molar refractivity (Wildman–Crippen MR) is 84.0 cm³/mol. The predicted octanol–water partition coefficient (Wildman–Crippen LogP) is 2.87. The molecule has 0 aliphatic heterocycles. The van der Waals surface area contributed by atoms with E-state index in [4.69, 9.17) is 14.2 Å². The number of fused-ring (bicyclic) bond motifs is 1. The monoisotopic (exact) mass is 310 g/mol. The molecule has 1 heterocycles. The molecule has 0 aliphatic carbocycles. The van der Waals surface area contributed by atoms with E-state index in [1.165, 1.54) is 20.4 Å². The van der Waals surface area contributed by atoms with Gasteiger partial charge in [-0.2, -0.15) is 0 Å². The number of aromatic nitrogens is 2. The van der Waals surface area contributed by atoms with Gasteiger partial charge >= 0.3 is 5.97 Å². The van der Waals surface area contributed by atoms with Gasteiger partial charge in [-0.3, -0.25) is 4.98 Å². The van der Waals surface area contributed by atoms with Crippen molar-refractivity contribution in [2.24, 2.45) is 0 Å². The average Bonchev–Trinajstić information content (AvgIpc) is 2.61. The Bertz CT molecular complexity index is 842. The largest absolute Gasteiger partial charge is 0.493 e. The van der Waals surface area contributed by atoms with E-state index in [0.29, 0.717) is 22.5 Å². The summed E-state index contributed by atoms with van der Waals surface area (Å²) in [6.45, 7) is 0. The summed E-state index contributed by atoms with van der Waals surface area (Å²) in [5, 5.41) is 0. The molecule has 0 N–H and O–H groups in total. The Morgan fingerprint density at radius 1 is 0.913 bits per heavy atom. The second kappa shape index (κ2) is 6.31. The fraction of sp³-hybridized carbons (Fsp3) is 0.118. The topological polar surface area (TPSA) is 70.5 Å². The maximum atomic E-state index is 12.4. The van der Waals surface area contributed by atoms with Crippen LogP contribution < -0.4 is 14.2 Å². The van der Waals surface area contributed by atoms with Crippen LogP contribution in [0.2, 0.25) is 0 Å². The number of rotatable bonds is 4. The standard InChI is InChI=1S/C17H14N2O4/c1-21-14-8-5-9-15(22-2)16(14)23-17(20)13-10-18-11-6-3-4-7-12(11)19-13/h3-10H,1-2H3. The number of esters is 1. The summed E-state index contributed by atoms with van der Waals surface area (Å²) in [6.07, 6.45) is 1.38. The van der Waals surface area contributed by atoms with Gasteiger partial charge < -0.3 is 14.2 Å². The normalized spacial score (nSPS) is 10.3. The Morgan fingerprint density at radius 2 is 1.57 bits per heavy atom. The number of carbonyl (C=O) groups is 1. The summed E-state index contributed by atoms with van der Waals surface area (Å²) in [5.41, 5.74) is 1.43. The van der Waals surface area contributed by atoms with E-state index in [0.717, 1.165) is 0 Å². The SMILES string of the molecule is COc1cccc(OC)c1OC(=O)c1cnc2ccccc2n1. The van der Waals surface area contributed by atoms with Gasteiger partial charge in [0, 0.05) is 0 Å². The molecule has 6 nitrogen and oxygen atoms in total. The van der Waals surface area contributed by atoms with Gasteiger partial charge in [0.25, 0.3) is 0 Å². The smallest absolute Gasteiger partial charge is 0.364 e. The van der Waals surface area contributed by atoms with Crippen molar-refractivity contribution in [3.05, 3.63) is 54.4 Å². The van der Waals surface area contributed by atoms with E-state index < -0.39 is 5.97 Å². The molecule has 0 unspecified atom stereocenters. The van der Waals surface area contributed by atoms with Gasteiger partial charge in [-0.1, -0.05) is 18.2 Å². The zero-order valence-electron chi connectivity index (χ0n) is 12.6. The molecule has 2 aromatic carbocycles. The number of para-hydroxylation sites is 3. The minimum Gasteiger partial charge on any atom is -0.493 e. The molecule has 0 saturated carbocycles. The number of carbonyl (C=O) groups excluding carboxylic acids is 1. The first kappa shape index (κ1) is 14.8. The summed E-state index contributed by atoms with van der Waals surface area (Å²) in [6, 6.07) is 12.4. The van der Waals surface area contributed by atoms with Gasteiger partial charge in [0.2, 0.25) is 5.75 Å². The highest BCUT2D eigenvalue weighted by molar-refractivity contribution is 5.91. The third kappa shape index (κ3) is 2.91. The van der Waals surface area contributed by atoms with Crippen LogP contribution in [0.5, 0.6) is 17.2 Å².